The van der Waals surface area contributed by atoms with Gasteiger partial charge >= 0.3 is 0 Å². The van der Waals surface area contributed by atoms with E-state index < -0.39 is 11.3 Å². The fourth-order valence-corrected chi connectivity index (χ4v) is 4.59. The summed E-state index contributed by atoms with van der Waals surface area (Å²) in [5.41, 5.74) is 8.17. The number of benzene rings is 1. The molecule has 0 radical (unpaired) electrons. The minimum absolute atomic E-state index is 0.0865. The predicted octanol–water partition coefficient (Wildman–Crippen LogP) is 3.94. The Bertz CT molecular complexity index is 962. The molecule has 0 unspecified atom stereocenters. The molecule has 1 aliphatic carbocycles. The van der Waals surface area contributed by atoms with Crippen molar-refractivity contribution in [1.82, 2.24) is 4.90 Å². The molecular formula is C24H27N5. The van der Waals surface area contributed by atoms with E-state index in [9.17, 15) is 15.8 Å². The van der Waals surface area contributed by atoms with Crippen molar-refractivity contribution in [2.45, 2.75) is 45.6 Å². The Labute approximate surface area is 173 Å². The summed E-state index contributed by atoms with van der Waals surface area (Å²) in [6, 6.07) is 15.1. The molecule has 2 N–H and O–H groups in total. The van der Waals surface area contributed by atoms with Crippen molar-refractivity contribution in [3.05, 3.63) is 58.3 Å². The molecule has 0 fully saturated rings. The SMILES string of the molecule is CC(C)c1ccc([C@H]2[C@H]3CN(C(C)C)CC=C3C(C#N)=C(N)C2(C#N)C#N)cc1. The molecule has 2 aliphatic rings. The quantitative estimate of drug-likeness (QED) is 0.849. The molecule has 1 aromatic carbocycles. The van der Waals surface area contributed by atoms with Crippen molar-refractivity contribution < 1.29 is 0 Å². The van der Waals surface area contributed by atoms with E-state index in [4.69, 9.17) is 5.73 Å². The first-order valence-corrected chi connectivity index (χ1v) is 10.1. The zero-order chi connectivity index (χ0) is 21.3. The number of nitrogens with zero attached hydrogens (tertiary/aromatic N) is 4. The monoisotopic (exact) mass is 385 g/mol. The van der Waals surface area contributed by atoms with Crippen molar-refractivity contribution >= 4 is 0 Å². The summed E-state index contributed by atoms with van der Waals surface area (Å²) >= 11 is 0. The fraction of sp³-hybridized carbons (Fsp3) is 0.458. The van der Waals surface area contributed by atoms with E-state index in [-0.39, 0.29) is 11.6 Å². The lowest BCUT2D eigenvalue weighted by atomic mass is 9.58. The van der Waals surface area contributed by atoms with Crippen LogP contribution in [0.15, 0.2) is 47.2 Å². The number of allylic oxidation sites excluding steroid dienone is 2. The second-order valence-corrected chi connectivity index (χ2v) is 8.54. The summed E-state index contributed by atoms with van der Waals surface area (Å²) in [6.07, 6.45) is 2.05. The summed E-state index contributed by atoms with van der Waals surface area (Å²) in [6.45, 7) is 9.94. The molecule has 3 rings (SSSR count). The van der Waals surface area contributed by atoms with E-state index in [0.29, 0.717) is 24.1 Å². The van der Waals surface area contributed by atoms with Crippen LogP contribution in [0.5, 0.6) is 0 Å². The van der Waals surface area contributed by atoms with E-state index in [2.05, 4.69) is 62.9 Å². The Morgan fingerprint density at radius 2 is 1.69 bits per heavy atom. The molecule has 5 nitrogen and oxygen atoms in total. The van der Waals surface area contributed by atoms with Crippen LogP contribution in [0.25, 0.3) is 0 Å². The molecular weight excluding hydrogens is 358 g/mol. The highest BCUT2D eigenvalue weighted by molar-refractivity contribution is 5.59. The molecule has 0 aromatic heterocycles. The maximum absolute atomic E-state index is 10.1. The smallest absolute Gasteiger partial charge is 0.191 e. The van der Waals surface area contributed by atoms with Crippen LogP contribution in [0, 0.1) is 45.3 Å². The topological polar surface area (TPSA) is 101 Å². The van der Waals surface area contributed by atoms with Crippen LogP contribution in [0.2, 0.25) is 0 Å². The molecule has 2 atom stereocenters. The predicted molar refractivity (Wildman–Crippen MR) is 112 cm³/mol. The summed E-state index contributed by atoms with van der Waals surface area (Å²) in [7, 11) is 0. The zero-order valence-electron chi connectivity index (χ0n) is 17.5. The van der Waals surface area contributed by atoms with E-state index in [0.717, 1.165) is 17.7 Å². The average molecular weight is 386 g/mol. The van der Waals surface area contributed by atoms with E-state index in [1.807, 2.05) is 18.2 Å². The van der Waals surface area contributed by atoms with Gasteiger partial charge in [-0.3, -0.25) is 4.90 Å². The highest BCUT2D eigenvalue weighted by Crippen LogP contribution is 2.54. The van der Waals surface area contributed by atoms with Crippen LogP contribution in [0.1, 0.15) is 50.7 Å². The maximum Gasteiger partial charge on any atom is 0.191 e. The molecule has 0 saturated carbocycles. The van der Waals surface area contributed by atoms with Gasteiger partial charge in [0.2, 0.25) is 0 Å². The number of rotatable bonds is 3. The Balaban J connectivity index is 2.25. The first-order chi connectivity index (χ1) is 13.8. The third-order valence-electron chi connectivity index (χ3n) is 6.39. The summed E-state index contributed by atoms with van der Waals surface area (Å²) in [5, 5.41) is 30.1. The van der Waals surface area contributed by atoms with Gasteiger partial charge in [0.25, 0.3) is 0 Å². The van der Waals surface area contributed by atoms with Gasteiger partial charge in [0.1, 0.15) is 6.07 Å². The molecule has 1 heterocycles. The Hall–Kier alpha value is -3.07. The van der Waals surface area contributed by atoms with Gasteiger partial charge < -0.3 is 5.73 Å². The van der Waals surface area contributed by atoms with Gasteiger partial charge in [0, 0.05) is 31.0 Å². The lowest BCUT2D eigenvalue weighted by Crippen LogP contribution is -2.49. The van der Waals surface area contributed by atoms with Gasteiger partial charge in [0.05, 0.1) is 23.4 Å². The van der Waals surface area contributed by atoms with E-state index in [1.54, 1.807) is 0 Å². The van der Waals surface area contributed by atoms with Gasteiger partial charge in [0.15, 0.2) is 5.41 Å². The normalized spacial score (nSPS) is 23.8. The minimum atomic E-state index is -1.56. The van der Waals surface area contributed by atoms with E-state index >= 15 is 0 Å². The van der Waals surface area contributed by atoms with Crippen LogP contribution < -0.4 is 5.73 Å². The van der Waals surface area contributed by atoms with Gasteiger partial charge in [-0.2, -0.15) is 15.8 Å². The standard InChI is InChI=1S/C24H27N5/c1-15(2)17-5-7-18(8-6-17)22-21-12-29(16(3)4)10-9-19(21)20(11-25)23(28)24(22,13-26)14-27/h5-9,15-16,21-22H,10,12,28H2,1-4H3/t21-,22-/m0/s1. The highest BCUT2D eigenvalue weighted by atomic mass is 15.2. The lowest BCUT2D eigenvalue weighted by Gasteiger charge is -2.46. The Morgan fingerprint density at radius 1 is 1.07 bits per heavy atom. The molecule has 0 bridgehead atoms. The molecule has 148 valence electrons. The molecule has 0 saturated heterocycles. The largest absolute Gasteiger partial charge is 0.399 e. The summed E-state index contributed by atoms with van der Waals surface area (Å²) < 4.78 is 0. The van der Waals surface area contributed by atoms with Crippen LogP contribution in [-0.4, -0.2) is 24.0 Å². The molecule has 1 aromatic rings. The first kappa shape index (κ1) is 20.7. The molecule has 1 aliphatic heterocycles. The maximum atomic E-state index is 10.1. The van der Waals surface area contributed by atoms with Gasteiger partial charge in [-0.1, -0.05) is 44.2 Å². The van der Waals surface area contributed by atoms with Crippen molar-refractivity contribution in [2.75, 3.05) is 13.1 Å². The van der Waals surface area contributed by atoms with Gasteiger partial charge in [-0.15, -0.1) is 0 Å². The molecule has 5 heteroatoms. The van der Waals surface area contributed by atoms with Crippen LogP contribution in [0.4, 0.5) is 0 Å². The first-order valence-electron chi connectivity index (χ1n) is 10.1. The van der Waals surface area contributed by atoms with Crippen LogP contribution >= 0.6 is 0 Å². The molecule has 29 heavy (non-hydrogen) atoms. The van der Waals surface area contributed by atoms with Crippen molar-refractivity contribution in [1.29, 1.82) is 15.8 Å². The second-order valence-electron chi connectivity index (χ2n) is 8.54. The van der Waals surface area contributed by atoms with Crippen molar-refractivity contribution in [3.8, 4) is 18.2 Å². The fourth-order valence-electron chi connectivity index (χ4n) is 4.59. The zero-order valence-corrected chi connectivity index (χ0v) is 17.5. The van der Waals surface area contributed by atoms with Crippen LogP contribution in [-0.2, 0) is 0 Å². The molecule has 0 spiro atoms. The minimum Gasteiger partial charge on any atom is -0.399 e. The summed E-state index contributed by atoms with van der Waals surface area (Å²) in [4.78, 5) is 2.31. The second kappa shape index (κ2) is 7.75. The summed E-state index contributed by atoms with van der Waals surface area (Å²) in [5.74, 6) is -0.176. The van der Waals surface area contributed by atoms with Gasteiger partial charge in [-0.25, -0.2) is 0 Å². The Kier molecular flexibility index (Phi) is 5.52. The number of fused-ring (bicyclic) bond motifs is 1. The molecule has 0 amide bonds. The van der Waals surface area contributed by atoms with Crippen molar-refractivity contribution in [2.24, 2.45) is 17.1 Å². The number of nitrogens with two attached hydrogens (primary N) is 1. The number of nitriles is 3. The lowest BCUT2D eigenvalue weighted by molar-refractivity contribution is 0.174. The van der Waals surface area contributed by atoms with Crippen molar-refractivity contribution in [3.63, 3.8) is 0 Å². The van der Waals surface area contributed by atoms with Crippen LogP contribution in [0.3, 0.4) is 0 Å². The van der Waals surface area contributed by atoms with E-state index in [1.165, 1.54) is 5.56 Å². The van der Waals surface area contributed by atoms with Gasteiger partial charge in [-0.05, 0) is 36.5 Å². The highest BCUT2D eigenvalue weighted by Gasteiger charge is 2.54. The number of hydrogen-bond acceptors (Lipinski definition) is 5. The Morgan fingerprint density at radius 3 is 2.17 bits per heavy atom. The third-order valence-corrected chi connectivity index (χ3v) is 6.39. The third kappa shape index (κ3) is 3.21. The average Bonchev–Trinajstić information content (AvgIpc) is 2.72. The number of hydrogen-bond donors (Lipinski definition) is 1.